The van der Waals surface area contributed by atoms with Crippen LogP contribution < -0.4 is 0 Å². The zero-order valence-corrected chi connectivity index (χ0v) is 17.6. The molecule has 0 aliphatic heterocycles. The highest BCUT2D eigenvalue weighted by Gasteiger charge is 2.32. The molecule has 1 aliphatic rings. The highest BCUT2D eigenvalue weighted by molar-refractivity contribution is 5.37. The lowest BCUT2D eigenvalue weighted by Crippen LogP contribution is -2.43. The molecule has 1 aliphatic carbocycles. The normalized spacial score (nSPS) is 19.6. The number of hydrogen-bond donors (Lipinski definition) is 0. The minimum Gasteiger partial charge on any atom is -0.342 e. The fourth-order valence-corrected chi connectivity index (χ4v) is 3.05. The summed E-state index contributed by atoms with van der Waals surface area (Å²) in [5.74, 6) is 0.512. The van der Waals surface area contributed by atoms with Crippen LogP contribution >= 0.6 is 0 Å². The molecule has 1 atom stereocenters. The summed E-state index contributed by atoms with van der Waals surface area (Å²) in [7, 11) is 0. The highest BCUT2D eigenvalue weighted by atomic mass is 15.2. The van der Waals surface area contributed by atoms with Gasteiger partial charge < -0.3 is 4.90 Å². The van der Waals surface area contributed by atoms with E-state index in [-0.39, 0.29) is 11.0 Å². The first-order valence-corrected chi connectivity index (χ1v) is 9.35. The number of rotatable bonds is 6. The van der Waals surface area contributed by atoms with E-state index in [1.165, 1.54) is 11.3 Å². The van der Waals surface area contributed by atoms with Gasteiger partial charge in [0, 0.05) is 17.8 Å². The van der Waals surface area contributed by atoms with Gasteiger partial charge >= 0.3 is 0 Å². The third-order valence-electron chi connectivity index (χ3n) is 4.68. The quantitative estimate of drug-likeness (QED) is 0.463. The van der Waals surface area contributed by atoms with Gasteiger partial charge in [0.1, 0.15) is 0 Å². The maximum absolute atomic E-state index is 4.37. The molecule has 138 valence electrons. The summed E-state index contributed by atoms with van der Waals surface area (Å²) in [6.07, 6.45) is 18.5. The van der Waals surface area contributed by atoms with Gasteiger partial charge in [-0.3, -0.25) is 0 Å². The summed E-state index contributed by atoms with van der Waals surface area (Å²) in [6.45, 7) is 22.1. The van der Waals surface area contributed by atoms with E-state index in [1.807, 2.05) is 0 Å². The molecule has 0 saturated carbocycles. The standard InChI is InChI=1S/C24H37N/c1-10-18-25(22-19(2)14-13-15-20(22)3)24(8,9)21(4)16-11-12-17-23(5,6)7/h10-14,16-18,20H,4,15H2,1-3,5-9H3/b16-11-,17-12-,18-10-. The van der Waals surface area contributed by atoms with E-state index in [0.29, 0.717) is 5.92 Å². The third-order valence-corrected chi connectivity index (χ3v) is 4.68. The van der Waals surface area contributed by atoms with Crippen LogP contribution in [0.15, 0.2) is 72.2 Å². The maximum Gasteiger partial charge on any atom is 0.0631 e. The molecule has 0 aromatic carbocycles. The lowest BCUT2D eigenvalue weighted by molar-refractivity contribution is 0.254. The third kappa shape index (κ3) is 5.92. The number of allylic oxidation sites excluding steroid dienone is 8. The Kier molecular flexibility index (Phi) is 7.29. The lowest BCUT2D eigenvalue weighted by Gasteiger charge is -2.43. The Morgan fingerprint density at radius 2 is 1.84 bits per heavy atom. The van der Waals surface area contributed by atoms with E-state index in [9.17, 15) is 0 Å². The molecule has 0 radical (unpaired) electrons. The van der Waals surface area contributed by atoms with Crippen molar-refractivity contribution in [2.75, 3.05) is 0 Å². The summed E-state index contributed by atoms with van der Waals surface area (Å²) in [5.41, 5.74) is 3.85. The van der Waals surface area contributed by atoms with Crippen molar-refractivity contribution >= 4 is 0 Å². The first-order valence-electron chi connectivity index (χ1n) is 9.35. The second kappa shape index (κ2) is 8.56. The molecular formula is C24H37N. The average molecular weight is 340 g/mol. The molecule has 0 aromatic heterocycles. The first-order chi connectivity index (χ1) is 11.5. The van der Waals surface area contributed by atoms with Gasteiger partial charge in [-0.15, -0.1) is 0 Å². The first kappa shape index (κ1) is 21.3. The molecule has 0 spiro atoms. The Hall–Kier alpha value is -1.76. The van der Waals surface area contributed by atoms with Crippen LogP contribution in [-0.2, 0) is 0 Å². The zero-order chi connectivity index (χ0) is 19.3. The molecule has 0 amide bonds. The lowest BCUT2D eigenvalue weighted by atomic mass is 9.86. The minimum atomic E-state index is -0.186. The summed E-state index contributed by atoms with van der Waals surface area (Å²) >= 11 is 0. The van der Waals surface area contributed by atoms with E-state index in [4.69, 9.17) is 0 Å². The zero-order valence-electron chi connectivity index (χ0n) is 17.6. The largest absolute Gasteiger partial charge is 0.342 e. The molecule has 1 rings (SSSR count). The van der Waals surface area contributed by atoms with Crippen LogP contribution in [0.25, 0.3) is 0 Å². The van der Waals surface area contributed by atoms with E-state index in [0.717, 1.165) is 12.0 Å². The summed E-state index contributed by atoms with van der Waals surface area (Å²) in [5, 5.41) is 0. The Balaban J connectivity index is 3.13. The molecule has 0 bridgehead atoms. The van der Waals surface area contributed by atoms with Crippen molar-refractivity contribution in [2.24, 2.45) is 11.3 Å². The molecule has 1 nitrogen and oxygen atoms in total. The van der Waals surface area contributed by atoms with Crippen molar-refractivity contribution in [1.29, 1.82) is 0 Å². The van der Waals surface area contributed by atoms with Gasteiger partial charge in [0.25, 0.3) is 0 Å². The summed E-state index contributed by atoms with van der Waals surface area (Å²) in [4.78, 5) is 2.40. The molecule has 1 heteroatoms. The van der Waals surface area contributed by atoms with E-state index >= 15 is 0 Å². The molecule has 0 fully saturated rings. The molecule has 0 saturated heterocycles. The van der Waals surface area contributed by atoms with Gasteiger partial charge in [0.2, 0.25) is 0 Å². The topological polar surface area (TPSA) is 3.24 Å². The van der Waals surface area contributed by atoms with Gasteiger partial charge in [0.15, 0.2) is 0 Å². The Morgan fingerprint density at radius 3 is 2.36 bits per heavy atom. The average Bonchev–Trinajstić information content (AvgIpc) is 2.49. The van der Waals surface area contributed by atoms with E-state index < -0.39 is 0 Å². The number of nitrogens with zero attached hydrogens (tertiary/aromatic N) is 1. The van der Waals surface area contributed by atoms with Crippen LogP contribution in [0.2, 0.25) is 0 Å². The molecular weight excluding hydrogens is 302 g/mol. The molecule has 25 heavy (non-hydrogen) atoms. The Morgan fingerprint density at radius 1 is 1.20 bits per heavy atom. The van der Waals surface area contributed by atoms with E-state index in [2.05, 4.69) is 116 Å². The van der Waals surface area contributed by atoms with Crippen molar-refractivity contribution in [3.63, 3.8) is 0 Å². The molecule has 0 heterocycles. The van der Waals surface area contributed by atoms with Gasteiger partial charge in [-0.25, -0.2) is 0 Å². The fourth-order valence-electron chi connectivity index (χ4n) is 3.05. The van der Waals surface area contributed by atoms with Crippen molar-refractivity contribution in [3.8, 4) is 0 Å². The van der Waals surface area contributed by atoms with Crippen LogP contribution in [0.1, 0.15) is 61.8 Å². The van der Waals surface area contributed by atoms with Crippen molar-refractivity contribution < 1.29 is 0 Å². The van der Waals surface area contributed by atoms with Crippen molar-refractivity contribution in [3.05, 3.63) is 72.2 Å². The monoisotopic (exact) mass is 339 g/mol. The van der Waals surface area contributed by atoms with Crippen molar-refractivity contribution in [1.82, 2.24) is 4.90 Å². The second-order valence-corrected chi connectivity index (χ2v) is 8.63. The minimum absolute atomic E-state index is 0.186. The number of hydrogen-bond acceptors (Lipinski definition) is 1. The molecule has 0 aromatic rings. The summed E-state index contributed by atoms with van der Waals surface area (Å²) < 4.78 is 0. The van der Waals surface area contributed by atoms with Crippen LogP contribution in [0, 0.1) is 11.3 Å². The van der Waals surface area contributed by atoms with Crippen LogP contribution in [0.5, 0.6) is 0 Å². The van der Waals surface area contributed by atoms with Gasteiger partial charge in [-0.1, -0.05) is 76.8 Å². The molecule has 1 unspecified atom stereocenters. The second-order valence-electron chi connectivity index (χ2n) is 8.63. The SMILES string of the molecule is C=C(/C=C\C=C/C(C)(C)C)C(C)(C)N(/C=C\C)C1=C(C)C=CCC1C. The Labute approximate surface area is 156 Å². The molecule has 0 N–H and O–H groups in total. The summed E-state index contributed by atoms with van der Waals surface area (Å²) in [6, 6.07) is 0. The smallest absolute Gasteiger partial charge is 0.0631 e. The highest BCUT2D eigenvalue weighted by Crippen LogP contribution is 2.36. The van der Waals surface area contributed by atoms with Gasteiger partial charge in [-0.05, 0) is 50.7 Å². The predicted molar refractivity (Wildman–Crippen MR) is 113 cm³/mol. The van der Waals surface area contributed by atoms with E-state index in [1.54, 1.807) is 0 Å². The predicted octanol–water partition coefficient (Wildman–Crippen LogP) is 7.19. The van der Waals surface area contributed by atoms with Gasteiger partial charge in [0.05, 0.1) is 5.54 Å². The van der Waals surface area contributed by atoms with Crippen LogP contribution in [-0.4, -0.2) is 10.4 Å². The van der Waals surface area contributed by atoms with Crippen LogP contribution in [0.4, 0.5) is 0 Å². The maximum atomic E-state index is 4.37. The van der Waals surface area contributed by atoms with Crippen LogP contribution in [0.3, 0.4) is 0 Å². The Bertz CT molecular complexity index is 615. The van der Waals surface area contributed by atoms with Gasteiger partial charge in [-0.2, -0.15) is 0 Å². The van der Waals surface area contributed by atoms with Crippen molar-refractivity contribution in [2.45, 2.75) is 67.3 Å². The fraction of sp³-hybridized carbons (Fsp3) is 0.500.